The Kier molecular flexibility index (Phi) is 4.81. The van der Waals surface area contributed by atoms with E-state index in [0.717, 1.165) is 6.26 Å². The average Bonchev–Trinajstić information content (AvgIpc) is 3.20. The van der Waals surface area contributed by atoms with Gasteiger partial charge < -0.3 is 14.0 Å². The van der Waals surface area contributed by atoms with E-state index < -0.39 is 21.8 Å². The van der Waals surface area contributed by atoms with Gasteiger partial charge in [-0.25, -0.2) is 17.6 Å². The number of nitrogens with zero attached hydrogens (tertiary/aromatic N) is 1. The summed E-state index contributed by atoms with van der Waals surface area (Å²) >= 11 is 0. The standard InChI is InChI=1S/C21H17FN2O6S/c1-10-18(11(2)30-23-10)14-8-15-17(9-16(14)24-31(3,27)28)29-20(19(15)21(25)26)12-4-6-13(22)7-5-12/h4-9,24H,1-3H3,(H,25,26). The van der Waals surface area contributed by atoms with Crippen molar-refractivity contribution in [2.24, 2.45) is 0 Å². The van der Waals surface area contributed by atoms with Crippen molar-refractivity contribution in [1.82, 2.24) is 5.16 Å². The van der Waals surface area contributed by atoms with Crippen LogP contribution in [-0.2, 0) is 10.0 Å². The summed E-state index contributed by atoms with van der Waals surface area (Å²) in [6.07, 6.45) is 1.00. The molecule has 0 saturated carbocycles. The van der Waals surface area contributed by atoms with Crippen molar-refractivity contribution in [2.45, 2.75) is 13.8 Å². The fourth-order valence-corrected chi connectivity index (χ4v) is 4.09. The highest BCUT2D eigenvalue weighted by molar-refractivity contribution is 7.92. The van der Waals surface area contributed by atoms with Gasteiger partial charge >= 0.3 is 5.97 Å². The number of halogens is 1. The summed E-state index contributed by atoms with van der Waals surface area (Å²) in [5.74, 6) is -1.25. The fraction of sp³-hybridized carbons (Fsp3) is 0.143. The molecule has 0 spiro atoms. The number of furan rings is 1. The second-order valence-electron chi connectivity index (χ2n) is 7.09. The van der Waals surface area contributed by atoms with Gasteiger partial charge in [0.25, 0.3) is 0 Å². The molecule has 2 aromatic heterocycles. The van der Waals surface area contributed by atoms with Gasteiger partial charge in [0.2, 0.25) is 10.0 Å². The van der Waals surface area contributed by atoms with Crippen molar-refractivity contribution in [1.29, 1.82) is 0 Å². The Bertz CT molecular complexity index is 1420. The summed E-state index contributed by atoms with van der Waals surface area (Å²) in [4.78, 5) is 12.1. The minimum absolute atomic E-state index is 0.0312. The lowest BCUT2D eigenvalue weighted by atomic mass is 9.98. The van der Waals surface area contributed by atoms with Gasteiger partial charge in [0, 0.05) is 28.1 Å². The molecule has 2 heterocycles. The van der Waals surface area contributed by atoms with E-state index in [0.29, 0.717) is 28.1 Å². The number of fused-ring (bicyclic) bond motifs is 1. The number of anilines is 1. The normalized spacial score (nSPS) is 11.7. The Morgan fingerprint density at radius 3 is 2.39 bits per heavy atom. The van der Waals surface area contributed by atoms with Crippen LogP contribution in [0.1, 0.15) is 21.8 Å². The van der Waals surface area contributed by atoms with Crippen LogP contribution in [0.15, 0.2) is 45.3 Å². The van der Waals surface area contributed by atoms with Gasteiger partial charge in [-0.3, -0.25) is 4.72 Å². The average molecular weight is 444 g/mol. The highest BCUT2D eigenvalue weighted by Crippen LogP contribution is 2.41. The summed E-state index contributed by atoms with van der Waals surface area (Å²) in [5.41, 5.74) is 2.01. The van der Waals surface area contributed by atoms with Gasteiger partial charge in [-0.1, -0.05) is 5.16 Å². The number of carboxylic acid groups (broad SMARTS) is 1. The van der Waals surface area contributed by atoms with Crippen molar-refractivity contribution in [2.75, 3.05) is 11.0 Å². The number of benzene rings is 2. The van der Waals surface area contributed by atoms with Gasteiger partial charge in [0.1, 0.15) is 28.5 Å². The van der Waals surface area contributed by atoms with E-state index in [1.54, 1.807) is 13.8 Å². The van der Waals surface area contributed by atoms with Crippen LogP contribution in [0.3, 0.4) is 0 Å². The zero-order valence-corrected chi connectivity index (χ0v) is 17.5. The first-order chi connectivity index (χ1) is 14.5. The highest BCUT2D eigenvalue weighted by atomic mass is 32.2. The molecule has 0 radical (unpaired) electrons. The molecule has 4 aromatic rings. The molecule has 0 atom stereocenters. The van der Waals surface area contributed by atoms with Crippen molar-refractivity contribution >= 4 is 32.6 Å². The number of aromatic nitrogens is 1. The largest absolute Gasteiger partial charge is 0.478 e. The lowest BCUT2D eigenvalue weighted by Crippen LogP contribution is -2.10. The molecule has 0 aliphatic rings. The summed E-state index contributed by atoms with van der Waals surface area (Å²) in [6.45, 7) is 3.36. The second-order valence-corrected chi connectivity index (χ2v) is 8.83. The predicted molar refractivity (Wildman–Crippen MR) is 112 cm³/mol. The number of rotatable bonds is 5. The molecule has 0 aliphatic heterocycles. The van der Waals surface area contributed by atoms with E-state index >= 15 is 0 Å². The van der Waals surface area contributed by atoms with Crippen LogP contribution in [0.2, 0.25) is 0 Å². The Balaban J connectivity index is 2.07. The molecule has 0 aliphatic carbocycles. The number of carboxylic acids is 1. The molecule has 31 heavy (non-hydrogen) atoms. The summed E-state index contributed by atoms with van der Waals surface area (Å²) in [5, 5.41) is 14.0. The number of aromatic carboxylic acids is 1. The van der Waals surface area contributed by atoms with E-state index in [4.69, 9.17) is 8.94 Å². The first-order valence-corrected chi connectivity index (χ1v) is 10.9. The number of carbonyl (C=O) groups is 1. The molecule has 8 nitrogen and oxygen atoms in total. The first kappa shape index (κ1) is 20.6. The minimum Gasteiger partial charge on any atom is -0.478 e. The quantitative estimate of drug-likeness (QED) is 0.462. The zero-order chi connectivity index (χ0) is 22.5. The third kappa shape index (κ3) is 3.77. The molecule has 0 saturated heterocycles. The molecule has 2 N–H and O–H groups in total. The van der Waals surface area contributed by atoms with Crippen molar-refractivity contribution in [3.05, 3.63) is 59.2 Å². The van der Waals surface area contributed by atoms with E-state index in [1.807, 2.05) is 0 Å². The maximum atomic E-state index is 13.3. The Morgan fingerprint density at radius 1 is 1.16 bits per heavy atom. The smallest absolute Gasteiger partial charge is 0.340 e. The van der Waals surface area contributed by atoms with Gasteiger partial charge in [0.05, 0.1) is 17.6 Å². The predicted octanol–water partition coefficient (Wildman–Crippen LogP) is 4.58. The maximum Gasteiger partial charge on any atom is 0.340 e. The molecule has 10 heteroatoms. The fourth-order valence-electron chi connectivity index (χ4n) is 3.52. The third-order valence-electron chi connectivity index (χ3n) is 4.75. The molecule has 0 amide bonds. The monoisotopic (exact) mass is 444 g/mol. The van der Waals surface area contributed by atoms with Crippen LogP contribution in [-0.4, -0.2) is 30.9 Å². The molecule has 0 fully saturated rings. The van der Waals surface area contributed by atoms with Crippen LogP contribution in [0.5, 0.6) is 0 Å². The summed E-state index contributed by atoms with van der Waals surface area (Å²) in [7, 11) is -3.66. The molecule has 160 valence electrons. The lowest BCUT2D eigenvalue weighted by molar-refractivity contribution is 0.0699. The van der Waals surface area contributed by atoms with Crippen LogP contribution in [0.4, 0.5) is 10.1 Å². The van der Waals surface area contributed by atoms with E-state index in [-0.39, 0.29) is 28.0 Å². The molecular weight excluding hydrogens is 427 g/mol. The van der Waals surface area contributed by atoms with E-state index in [2.05, 4.69) is 9.88 Å². The number of sulfonamides is 1. The second kappa shape index (κ2) is 7.24. The lowest BCUT2D eigenvalue weighted by Gasteiger charge is -2.11. The third-order valence-corrected chi connectivity index (χ3v) is 5.34. The number of nitrogens with one attached hydrogen (secondary N) is 1. The molecular formula is C21H17FN2O6S. The van der Waals surface area contributed by atoms with E-state index in [1.165, 1.54) is 36.4 Å². The minimum atomic E-state index is -3.66. The van der Waals surface area contributed by atoms with Crippen LogP contribution >= 0.6 is 0 Å². The Morgan fingerprint density at radius 2 is 1.84 bits per heavy atom. The maximum absolute atomic E-state index is 13.3. The van der Waals surface area contributed by atoms with Crippen LogP contribution in [0.25, 0.3) is 33.4 Å². The zero-order valence-electron chi connectivity index (χ0n) is 16.7. The molecule has 0 bridgehead atoms. The number of aryl methyl sites for hydroxylation is 2. The Labute approximate surface area is 176 Å². The van der Waals surface area contributed by atoms with Crippen molar-refractivity contribution in [3.63, 3.8) is 0 Å². The van der Waals surface area contributed by atoms with Gasteiger partial charge in [0.15, 0.2) is 0 Å². The van der Waals surface area contributed by atoms with Crippen molar-refractivity contribution in [3.8, 4) is 22.5 Å². The van der Waals surface area contributed by atoms with Gasteiger partial charge in [-0.15, -0.1) is 0 Å². The van der Waals surface area contributed by atoms with E-state index in [9.17, 15) is 22.7 Å². The molecule has 4 rings (SSSR count). The van der Waals surface area contributed by atoms with Crippen molar-refractivity contribution < 1.29 is 31.6 Å². The van der Waals surface area contributed by atoms with Gasteiger partial charge in [-0.2, -0.15) is 0 Å². The SMILES string of the molecule is Cc1noc(C)c1-c1cc2c(C(=O)O)c(-c3ccc(F)cc3)oc2cc1NS(C)(=O)=O. The molecule has 0 unspecified atom stereocenters. The summed E-state index contributed by atoms with van der Waals surface area (Å²) < 4.78 is 50.7. The summed E-state index contributed by atoms with van der Waals surface area (Å²) in [6, 6.07) is 8.14. The van der Waals surface area contributed by atoms with Crippen LogP contribution in [0, 0.1) is 19.7 Å². The number of hydrogen-bond donors (Lipinski definition) is 2. The van der Waals surface area contributed by atoms with Gasteiger partial charge in [-0.05, 0) is 44.2 Å². The Hall–Kier alpha value is -3.66. The molecule has 2 aromatic carbocycles. The highest BCUT2D eigenvalue weighted by Gasteiger charge is 2.26. The first-order valence-electron chi connectivity index (χ1n) is 9.06. The number of hydrogen-bond acceptors (Lipinski definition) is 6. The van der Waals surface area contributed by atoms with Crippen LogP contribution < -0.4 is 4.72 Å². The topological polar surface area (TPSA) is 123 Å².